The predicted molar refractivity (Wildman–Crippen MR) is 129 cm³/mol. The quantitative estimate of drug-likeness (QED) is 0.474. The monoisotopic (exact) mass is 441 g/mol. The van der Waals surface area contributed by atoms with E-state index in [1.165, 1.54) is 5.56 Å². The van der Waals surface area contributed by atoms with Crippen LogP contribution >= 0.6 is 0 Å². The van der Waals surface area contributed by atoms with Crippen LogP contribution < -0.4 is 15.4 Å². The molecule has 1 aliphatic heterocycles. The van der Waals surface area contributed by atoms with Gasteiger partial charge in [0.25, 0.3) is 0 Å². The van der Waals surface area contributed by atoms with Crippen molar-refractivity contribution in [2.45, 2.75) is 60.0 Å². The number of piperidine rings is 1. The highest BCUT2D eigenvalue weighted by atomic mass is 16.5. The Kier molecular flexibility index (Phi) is 8.56. The Morgan fingerprint density at radius 3 is 2.66 bits per heavy atom. The van der Waals surface area contributed by atoms with Gasteiger partial charge in [0.05, 0.1) is 25.4 Å². The lowest BCUT2D eigenvalue weighted by atomic mass is 9.97. The molecule has 7 heteroatoms. The van der Waals surface area contributed by atoms with Gasteiger partial charge in [-0.2, -0.15) is 0 Å². The van der Waals surface area contributed by atoms with Crippen molar-refractivity contribution >= 4 is 5.96 Å². The van der Waals surface area contributed by atoms with Crippen LogP contribution in [0.5, 0.6) is 5.75 Å². The van der Waals surface area contributed by atoms with Crippen LogP contribution in [-0.4, -0.2) is 49.1 Å². The maximum atomic E-state index is 5.75. The summed E-state index contributed by atoms with van der Waals surface area (Å²) in [6, 6.07) is 6.37. The molecule has 2 aromatic rings. The summed E-state index contributed by atoms with van der Waals surface area (Å²) in [5.41, 5.74) is 3.35. The molecule has 1 aromatic heterocycles. The minimum absolute atomic E-state index is 0.0946. The number of aromatic nitrogens is 1. The van der Waals surface area contributed by atoms with Crippen LogP contribution in [0.15, 0.2) is 27.6 Å². The number of hydrogen-bond acceptors (Lipinski definition) is 5. The van der Waals surface area contributed by atoms with Gasteiger partial charge in [-0.1, -0.05) is 17.7 Å². The molecule has 0 spiro atoms. The maximum absolute atomic E-state index is 5.75. The fourth-order valence-corrected chi connectivity index (χ4v) is 4.14. The number of benzene rings is 1. The summed E-state index contributed by atoms with van der Waals surface area (Å²) in [6.45, 7) is 14.9. The molecule has 1 aliphatic rings. The third-order valence-electron chi connectivity index (χ3n) is 6.20. The lowest BCUT2D eigenvalue weighted by molar-refractivity contribution is 0.166. The van der Waals surface area contributed by atoms with Crippen molar-refractivity contribution in [1.29, 1.82) is 0 Å². The minimum atomic E-state index is 0.0946. The third kappa shape index (κ3) is 6.48. The van der Waals surface area contributed by atoms with Crippen LogP contribution in [0.25, 0.3) is 0 Å². The summed E-state index contributed by atoms with van der Waals surface area (Å²) in [4.78, 5) is 11.9. The zero-order chi connectivity index (χ0) is 23.1. The average molecular weight is 442 g/mol. The number of guanidine groups is 1. The molecular formula is C25H39N5O2. The van der Waals surface area contributed by atoms with Crippen molar-refractivity contribution in [2.24, 2.45) is 10.9 Å². The van der Waals surface area contributed by atoms with Gasteiger partial charge in [-0.15, -0.1) is 0 Å². The molecule has 0 saturated carbocycles. The highest BCUT2D eigenvalue weighted by Crippen LogP contribution is 2.26. The Morgan fingerprint density at radius 1 is 1.28 bits per heavy atom. The first kappa shape index (κ1) is 24.1. The molecule has 176 valence electrons. The topological polar surface area (TPSA) is 74.9 Å². The number of ether oxygens (including phenoxy) is 1. The molecule has 3 rings (SSSR count). The normalized spacial score (nSPS) is 16.8. The van der Waals surface area contributed by atoms with Crippen molar-refractivity contribution < 1.29 is 9.15 Å². The molecule has 0 amide bonds. The molecule has 7 nitrogen and oxygen atoms in total. The van der Waals surface area contributed by atoms with Crippen LogP contribution in [0, 0.1) is 26.7 Å². The van der Waals surface area contributed by atoms with E-state index in [2.05, 4.69) is 53.4 Å². The number of aryl methyl sites for hydroxylation is 3. The zero-order valence-electron chi connectivity index (χ0n) is 20.5. The van der Waals surface area contributed by atoms with Crippen LogP contribution in [-0.2, 0) is 6.54 Å². The van der Waals surface area contributed by atoms with Crippen molar-refractivity contribution in [3.63, 3.8) is 0 Å². The van der Waals surface area contributed by atoms with Gasteiger partial charge in [0.2, 0.25) is 5.89 Å². The fraction of sp³-hybridized carbons (Fsp3) is 0.600. The molecule has 1 unspecified atom stereocenters. The highest BCUT2D eigenvalue weighted by Gasteiger charge is 2.21. The lowest BCUT2D eigenvalue weighted by Crippen LogP contribution is -2.40. The number of oxazole rings is 1. The van der Waals surface area contributed by atoms with Gasteiger partial charge in [-0.3, -0.25) is 9.89 Å². The molecule has 0 radical (unpaired) electrons. The van der Waals surface area contributed by atoms with Gasteiger partial charge >= 0.3 is 0 Å². The molecular weight excluding hydrogens is 402 g/mol. The molecule has 1 saturated heterocycles. The number of hydrogen-bond donors (Lipinski definition) is 2. The molecule has 0 bridgehead atoms. The van der Waals surface area contributed by atoms with Crippen molar-refractivity contribution in [2.75, 3.05) is 33.3 Å². The Balaban J connectivity index is 1.53. The van der Waals surface area contributed by atoms with Crippen LogP contribution in [0.3, 0.4) is 0 Å². The standard InChI is InChI=1S/C25H39N5O2/c1-7-26-25(29-19(4)22-14-17(2)8-9-23(22)31-6)27-15-21-10-12-30(13-11-21)16-24-28-18(3)20(5)32-24/h8-9,14,19,21H,7,10-13,15-16H2,1-6H3,(H2,26,27,29). The fourth-order valence-electron chi connectivity index (χ4n) is 4.14. The van der Waals surface area contributed by atoms with Crippen molar-refractivity contribution in [3.05, 3.63) is 46.7 Å². The Bertz CT molecular complexity index is 880. The van der Waals surface area contributed by atoms with Gasteiger partial charge in [0.15, 0.2) is 5.96 Å². The van der Waals surface area contributed by atoms with Crippen LogP contribution in [0.4, 0.5) is 0 Å². The number of aliphatic imine (C=N–C) groups is 1. The molecule has 0 aliphatic carbocycles. The Morgan fingerprint density at radius 2 is 2.03 bits per heavy atom. The van der Waals surface area contributed by atoms with Gasteiger partial charge in [0, 0.05) is 18.7 Å². The highest BCUT2D eigenvalue weighted by molar-refractivity contribution is 5.80. The van der Waals surface area contributed by atoms with Crippen LogP contribution in [0.2, 0.25) is 0 Å². The van der Waals surface area contributed by atoms with E-state index in [1.54, 1.807) is 7.11 Å². The third-order valence-corrected chi connectivity index (χ3v) is 6.20. The number of nitrogens with zero attached hydrogens (tertiary/aromatic N) is 3. The molecule has 1 aromatic carbocycles. The summed E-state index contributed by atoms with van der Waals surface area (Å²) in [7, 11) is 1.72. The lowest BCUT2D eigenvalue weighted by Gasteiger charge is -2.30. The second kappa shape index (κ2) is 11.4. The van der Waals surface area contributed by atoms with E-state index in [4.69, 9.17) is 14.1 Å². The molecule has 2 N–H and O–H groups in total. The first-order chi connectivity index (χ1) is 15.4. The van der Waals surface area contributed by atoms with Crippen LogP contribution in [0.1, 0.15) is 61.2 Å². The largest absolute Gasteiger partial charge is 0.496 e. The SMILES string of the molecule is CCNC(=NCC1CCN(Cc2nc(C)c(C)o2)CC1)NC(C)c1cc(C)ccc1OC. The van der Waals surface area contributed by atoms with Gasteiger partial charge in [0.1, 0.15) is 11.5 Å². The molecule has 2 heterocycles. The number of methoxy groups -OCH3 is 1. The summed E-state index contributed by atoms with van der Waals surface area (Å²) in [5.74, 6) is 4.10. The first-order valence-electron chi connectivity index (χ1n) is 11.7. The van der Waals surface area contributed by atoms with Gasteiger partial charge in [-0.25, -0.2) is 4.98 Å². The summed E-state index contributed by atoms with van der Waals surface area (Å²) >= 11 is 0. The van der Waals surface area contributed by atoms with Gasteiger partial charge in [-0.05, 0) is 72.5 Å². The van der Waals surface area contributed by atoms with E-state index in [0.717, 1.165) is 80.2 Å². The van der Waals surface area contributed by atoms with E-state index < -0.39 is 0 Å². The molecule has 1 atom stereocenters. The number of rotatable bonds is 8. The second-order valence-electron chi connectivity index (χ2n) is 8.80. The molecule has 1 fully saturated rings. The smallest absolute Gasteiger partial charge is 0.208 e. The van der Waals surface area contributed by atoms with E-state index in [0.29, 0.717) is 5.92 Å². The average Bonchev–Trinajstić information content (AvgIpc) is 3.09. The number of likely N-dealkylation sites (tertiary alicyclic amines) is 1. The predicted octanol–water partition coefficient (Wildman–Crippen LogP) is 4.14. The first-order valence-corrected chi connectivity index (χ1v) is 11.7. The zero-order valence-corrected chi connectivity index (χ0v) is 20.5. The Labute approximate surface area is 192 Å². The maximum Gasteiger partial charge on any atom is 0.208 e. The second-order valence-corrected chi connectivity index (χ2v) is 8.80. The van der Waals surface area contributed by atoms with E-state index in [1.807, 2.05) is 19.9 Å². The van der Waals surface area contributed by atoms with Crippen molar-refractivity contribution in [3.8, 4) is 5.75 Å². The van der Waals surface area contributed by atoms with Crippen molar-refractivity contribution in [1.82, 2.24) is 20.5 Å². The van der Waals surface area contributed by atoms with E-state index >= 15 is 0 Å². The van der Waals surface area contributed by atoms with Gasteiger partial charge < -0.3 is 19.8 Å². The Hall–Kier alpha value is -2.54. The summed E-state index contributed by atoms with van der Waals surface area (Å²) < 4.78 is 11.3. The number of nitrogens with one attached hydrogen (secondary N) is 2. The van der Waals surface area contributed by atoms with E-state index in [-0.39, 0.29) is 6.04 Å². The van der Waals surface area contributed by atoms with E-state index in [9.17, 15) is 0 Å². The summed E-state index contributed by atoms with van der Waals surface area (Å²) in [5, 5.41) is 6.94. The molecule has 32 heavy (non-hydrogen) atoms. The summed E-state index contributed by atoms with van der Waals surface area (Å²) in [6.07, 6.45) is 2.28. The minimum Gasteiger partial charge on any atom is -0.496 e.